The highest BCUT2D eigenvalue weighted by atomic mass is 14.9. The average molecular weight is 925 g/mol. The van der Waals surface area contributed by atoms with E-state index in [-0.39, 0.29) is 0 Å². The Morgan fingerprint density at radius 3 is 0.897 bits per heavy atom. The van der Waals surface area contributed by atoms with Crippen LogP contribution in [0.1, 0.15) is 172 Å². The molecule has 0 aliphatic carbocycles. The number of nitrogens with one attached hydrogen (secondary N) is 6. The molecule has 374 valence electrons. The third-order valence-electron chi connectivity index (χ3n) is 13.1. The van der Waals surface area contributed by atoms with Gasteiger partial charge < -0.3 is 31.9 Å². The molecule has 0 aliphatic heterocycles. The van der Waals surface area contributed by atoms with Crippen LogP contribution in [0.5, 0.6) is 0 Å². The van der Waals surface area contributed by atoms with Crippen molar-refractivity contribution in [2.75, 3.05) is 31.9 Å². The van der Waals surface area contributed by atoms with E-state index in [1.165, 1.54) is 125 Å². The van der Waals surface area contributed by atoms with Crippen molar-refractivity contribution in [2.45, 2.75) is 196 Å². The molecule has 0 bridgehead atoms. The highest BCUT2D eigenvalue weighted by molar-refractivity contribution is 5.66. The highest BCUT2D eigenvalue weighted by Crippen LogP contribution is 2.24. The summed E-state index contributed by atoms with van der Waals surface area (Å²) in [4.78, 5) is 0. The minimum Gasteiger partial charge on any atom is -0.383 e. The molecule has 5 rings (SSSR count). The van der Waals surface area contributed by atoms with Gasteiger partial charge in [0.15, 0.2) is 0 Å². The first-order valence-electron chi connectivity index (χ1n) is 27.1. The molecule has 0 radical (unpaired) electrons. The lowest BCUT2D eigenvalue weighted by molar-refractivity contribution is 0.461. The molecule has 5 aromatic carbocycles. The lowest BCUT2D eigenvalue weighted by atomic mass is 9.97. The summed E-state index contributed by atoms with van der Waals surface area (Å²) < 4.78 is 0. The van der Waals surface area contributed by atoms with Crippen molar-refractivity contribution in [3.8, 4) is 0 Å². The molecule has 6 atom stereocenters. The van der Waals surface area contributed by atoms with Crippen molar-refractivity contribution in [3.63, 3.8) is 0 Å². The van der Waals surface area contributed by atoms with Gasteiger partial charge in [0.2, 0.25) is 0 Å². The van der Waals surface area contributed by atoms with Crippen molar-refractivity contribution >= 4 is 45.5 Å². The van der Waals surface area contributed by atoms with Gasteiger partial charge in [-0.05, 0) is 161 Å². The van der Waals surface area contributed by atoms with E-state index in [0.29, 0.717) is 24.2 Å². The van der Waals surface area contributed by atoms with Crippen molar-refractivity contribution < 1.29 is 0 Å². The maximum absolute atomic E-state index is 3.70. The summed E-state index contributed by atoms with van der Waals surface area (Å²) in [5.74, 6) is 1.57. The van der Waals surface area contributed by atoms with Crippen LogP contribution in [0.3, 0.4) is 0 Å². The number of anilines is 8. The third kappa shape index (κ3) is 25.3. The Balaban J connectivity index is 0.000000271. The fourth-order valence-corrected chi connectivity index (χ4v) is 8.24. The summed E-state index contributed by atoms with van der Waals surface area (Å²) in [5.41, 5.74) is 9.30. The zero-order valence-corrected chi connectivity index (χ0v) is 44.5. The topological polar surface area (TPSA) is 72.2 Å². The monoisotopic (exact) mass is 925 g/mol. The summed E-state index contributed by atoms with van der Waals surface area (Å²) in [6.07, 6.45) is 20.6. The van der Waals surface area contributed by atoms with Gasteiger partial charge in [-0.3, -0.25) is 0 Å². The molecule has 0 spiro atoms. The first-order valence-corrected chi connectivity index (χ1v) is 27.1. The molecule has 6 unspecified atom stereocenters. The predicted molar refractivity (Wildman–Crippen MR) is 306 cm³/mol. The van der Waals surface area contributed by atoms with Crippen LogP contribution in [0.2, 0.25) is 0 Å². The largest absolute Gasteiger partial charge is 0.383 e. The molecule has 6 N–H and O–H groups in total. The molecule has 68 heavy (non-hydrogen) atoms. The average Bonchev–Trinajstić information content (AvgIpc) is 3.36. The van der Waals surface area contributed by atoms with Gasteiger partial charge >= 0.3 is 0 Å². The number of hydrogen-bond acceptors (Lipinski definition) is 6. The van der Waals surface area contributed by atoms with E-state index >= 15 is 0 Å². The molecule has 0 aromatic heterocycles. The molecular weight excluding hydrogens is 829 g/mol. The van der Waals surface area contributed by atoms with Gasteiger partial charge in [-0.1, -0.05) is 156 Å². The van der Waals surface area contributed by atoms with Crippen molar-refractivity contribution in [2.24, 2.45) is 11.8 Å². The van der Waals surface area contributed by atoms with Crippen LogP contribution in [0.15, 0.2) is 133 Å². The lowest BCUT2D eigenvalue weighted by Gasteiger charge is -2.23. The molecule has 0 fully saturated rings. The van der Waals surface area contributed by atoms with E-state index in [1.807, 2.05) is 36.4 Å². The summed E-state index contributed by atoms with van der Waals surface area (Å²) in [6.45, 7) is 22.9. The number of para-hydroxylation sites is 2. The quantitative estimate of drug-likeness (QED) is 0.0258. The van der Waals surface area contributed by atoms with Crippen LogP contribution in [0, 0.1) is 11.8 Å². The smallest absolute Gasteiger partial charge is 0.0385 e. The number of benzene rings is 5. The van der Waals surface area contributed by atoms with E-state index in [2.05, 4.69) is 198 Å². The Bertz CT molecular complexity index is 1770. The van der Waals surface area contributed by atoms with Crippen LogP contribution in [0.4, 0.5) is 45.5 Å². The SMILES string of the molecule is CCC(C)CC(CC)Nc1ccc(NC(CC)CC(C)CC)cc1.CCCCCCC(C)Nc1ccc(NC(C)CCCCCC)cc1.c1ccc(Nc2ccc(Nc3ccccc3)cc2)cc1. The Kier molecular flexibility index (Phi) is 29.5. The normalized spacial score (nSPS) is 13.4. The summed E-state index contributed by atoms with van der Waals surface area (Å²) >= 11 is 0. The van der Waals surface area contributed by atoms with Crippen molar-refractivity contribution in [1.82, 2.24) is 0 Å². The van der Waals surface area contributed by atoms with Gasteiger partial charge in [0.25, 0.3) is 0 Å². The standard InChI is InChI=1S/2C22H40N2.C18H16N2/c1-7-17(5)15-19(9-3)23-21-11-13-22(14-12-21)24-20(10-4)16-18(6)8-2;1-5-7-9-11-13-19(3)23-21-15-17-22(18-16-21)24-20(4)14-12-10-8-6-2;1-3-7-15(8-4-1)19-17-11-13-18(14-12-17)20-16-9-5-2-6-10-16/h11-14,17-20,23-24H,7-10,15-16H2,1-6H3;15-20,23-24H,5-14H2,1-4H3;1-14,19-20H. The van der Waals surface area contributed by atoms with E-state index in [4.69, 9.17) is 0 Å². The molecule has 6 nitrogen and oxygen atoms in total. The van der Waals surface area contributed by atoms with Gasteiger partial charge in [-0.2, -0.15) is 0 Å². The van der Waals surface area contributed by atoms with Gasteiger partial charge in [0, 0.05) is 69.7 Å². The predicted octanol–water partition coefficient (Wildman–Crippen LogP) is 19.3. The van der Waals surface area contributed by atoms with Crippen LogP contribution < -0.4 is 31.9 Å². The molecule has 0 saturated carbocycles. The summed E-state index contributed by atoms with van der Waals surface area (Å²) in [6, 6.07) is 48.5. The first-order chi connectivity index (χ1) is 33.1. The lowest BCUT2D eigenvalue weighted by Crippen LogP contribution is -2.22. The molecule has 0 amide bonds. The van der Waals surface area contributed by atoms with Crippen LogP contribution >= 0.6 is 0 Å². The maximum Gasteiger partial charge on any atom is 0.0385 e. The summed E-state index contributed by atoms with van der Waals surface area (Å²) in [5, 5.41) is 21.4. The Morgan fingerprint density at radius 2 is 0.603 bits per heavy atom. The second-order valence-corrected chi connectivity index (χ2v) is 19.5. The molecule has 6 heteroatoms. The number of hydrogen-bond donors (Lipinski definition) is 6. The second kappa shape index (κ2) is 35.1. The van der Waals surface area contributed by atoms with E-state index in [0.717, 1.165) is 34.6 Å². The number of rotatable bonds is 30. The minimum absolute atomic E-state index is 0.554. The van der Waals surface area contributed by atoms with E-state index < -0.39 is 0 Å². The fourth-order valence-electron chi connectivity index (χ4n) is 8.24. The van der Waals surface area contributed by atoms with Crippen molar-refractivity contribution in [3.05, 3.63) is 133 Å². The third-order valence-corrected chi connectivity index (χ3v) is 13.1. The molecule has 0 saturated heterocycles. The van der Waals surface area contributed by atoms with E-state index in [9.17, 15) is 0 Å². The molecule has 0 aliphatic rings. The highest BCUT2D eigenvalue weighted by Gasteiger charge is 2.13. The van der Waals surface area contributed by atoms with Gasteiger partial charge in [-0.25, -0.2) is 0 Å². The zero-order valence-electron chi connectivity index (χ0n) is 44.5. The summed E-state index contributed by atoms with van der Waals surface area (Å²) in [7, 11) is 0. The Hall–Kier alpha value is -5.10. The van der Waals surface area contributed by atoms with Gasteiger partial charge in [-0.15, -0.1) is 0 Å². The van der Waals surface area contributed by atoms with Gasteiger partial charge in [0.1, 0.15) is 0 Å². The second-order valence-electron chi connectivity index (χ2n) is 19.5. The molecule has 5 aromatic rings. The van der Waals surface area contributed by atoms with Gasteiger partial charge in [0.05, 0.1) is 0 Å². The van der Waals surface area contributed by atoms with Crippen LogP contribution in [-0.4, -0.2) is 24.2 Å². The fraction of sp³-hybridized carbons (Fsp3) is 0.516. The number of unbranched alkanes of at least 4 members (excludes halogenated alkanes) is 6. The molecule has 0 heterocycles. The first kappa shape index (κ1) is 57.2. The molecular formula is C62H96N6. The Morgan fingerprint density at radius 1 is 0.309 bits per heavy atom. The van der Waals surface area contributed by atoms with E-state index in [1.54, 1.807) is 0 Å². The Labute approximate surface area is 417 Å². The minimum atomic E-state index is 0.554. The van der Waals surface area contributed by atoms with Crippen LogP contribution in [0.25, 0.3) is 0 Å². The van der Waals surface area contributed by atoms with Crippen LogP contribution in [-0.2, 0) is 0 Å². The van der Waals surface area contributed by atoms with Crippen molar-refractivity contribution in [1.29, 1.82) is 0 Å². The maximum atomic E-state index is 3.70. The zero-order chi connectivity index (χ0) is 49.2.